The zero-order valence-electron chi connectivity index (χ0n) is 13.3. The summed E-state index contributed by atoms with van der Waals surface area (Å²) < 4.78 is 6.17. The first kappa shape index (κ1) is 18.1. The molecule has 1 aromatic carbocycles. The average Bonchev–Trinajstić information content (AvgIpc) is 3.08. The number of carbonyl (C=O) groups excluding carboxylic acids is 1. The minimum atomic E-state index is -2.05. The van der Waals surface area contributed by atoms with Gasteiger partial charge in [-0.05, 0) is 31.0 Å². The van der Waals surface area contributed by atoms with E-state index in [-0.39, 0.29) is 6.42 Å². The first-order chi connectivity index (χ1) is 11.4. The van der Waals surface area contributed by atoms with Gasteiger partial charge in [-0.3, -0.25) is 0 Å². The molecule has 2 aromatic rings. The van der Waals surface area contributed by atoms with Crippen LogP contribution in [-0.4, -0.2) is 38.1 Å². The van der Waals surface area contributed by atoms with Crippen LogP contribution in [0, 0.1) is 0 Å². The van der Waals surface area contributed by atoms with Crippen LogP contribution < -0.4 is 0 Å². The maximum Gasteiger partial charge on any atom is 0.348 e. The number of rotatable bonds is 7. The largest absolute Gasteiger partial charge is 0.479 e. The van der Waals surface area contributed by atoms with E-state index in [2.05, 4.69) is 26.1 Å². The van der Waals surface area contributed by atoms with Crippen molar-refractivity contribution in [1.82, 2.24) is 15.0 Å². The van der Waals surface area contributed by atoms with Crippen molar-refractivity contribution in [2.45, 2.75) is 38.3 Å². The smallest absolute Gasteiger partial charge is 0.348 e. The van der Waals surface area contributed by atoms with Gasteiger partial charge in [0.05, 0.1) is 18.5 Å². The number of halogens is 1. The van der Waals surface area contributed by atoms with Crippen LogP contribution >= 0.6 is 15.9 Å². The van der Waals surface area contributed by atoms with Crippen LogP contribution in [0.3, 0.4) is 0 Å². The molecule has 0 saturated carbocycles. The molecular formula is C16H18BrN3O4. The highest BCUT2D eigenvalue weighted by Crippen LogP contribution is 2.25. The van der Waals surface area contributed by atoms with E-state index in [1.54, 1.807) is 31.2 Å². The van der Waals surface area contributed by atoms with Gasteiger partial charge in [-0.25, -0.2) is 9.59 Å². The van der Waals surface area contributed by atoms with E-state index in [0.717, 1.165) is 9.27 Å². The summed E-state index contributed by atoms with van der Waals surface area (Å²) in [5.74, 6) is -2.25. The Labute approximate surface area is 147 Å². The van der Waals surface area contributed by atoms with Crippen LogP contribution in [0.15, 0.2) is 41.1 Å². The minimum Gasteiger partial charge on any atom is -0.479 e. The third kappa shape index (κ3) is 3.64. The van der Waals surface area contributed by atoms with E-state index in [4.69, 9.17) is 4.74 Å². The number of aliphatic carboxylic acids is 1. The Balaban J connectivity index is 2.48. The molecule has 0 aliphatic heterocycles. The van der Waals surface area contributed by atoms with Crippen LogP contribution in [0.2, 0.25) is 0 Å². The van der Waals surface area contributed by atoms with E-state index in [1.807, 2.05) is 6.92 Å². The number of nitrogens with zero attached hydrogens (tertiary/aromatic N) is 3. The topological polar surface area (TPSA) is 94.3 Å². The highest BCUT2D eigenvalue weighted by atomic mass is 79.9. The highest BCUT2D eigenvalue weighted by Gasteiger charge is 2.52. The van der Waals surface area contributed by atoms with Crippen LogP contribution in [0.4, 0.5) is 0 Å². The molecule has 0 amide bonds. The van der Waals surface area contributed by atoms with E-state index in [9.17, 15) is 14.7 Å². The standard InChI is InChI=1S/C16H18BrN3O4/c1-3-11(2)24-15(23)16(14(21)22,20-18-8-9-19-20)10-12-4-6-13(17)7-5-12/h4-9,11H,3,10H2,1-2H3,(H,21,22). The minimum absolute atomic E-state index is 0.125. The number of esters is 1. The molecular weight excluding hydrogens is 378 g/mol. The third-order valence-corrected chi connectivity index (χ3v) is 4.24. The Kier molecular flexibility index (Phi) is 5.71. The van der Waals surface area contributed by atoms with Gasteiger partial charge < -0.3 is 9.84 Å². The van der Waals surface area contributed by atoms with Crippen LogP contribution in [0.25, 0.3) is 0 Å². The predicted molar refractivity (Wildman–Crippen MR) is 89.3 cm³/mol. The maximum atomic E-state index is 12.7. The van der Waals surface area contributed by atoms with Gasteiger partial charge in [0.25, 0.3) is 5.54 Å². The summed E-state index contributed by atoms with van der Waals surface area (Å²) in [7, 11) is 0. The van der Waals surface area contributed by atoms with E-state index in [0.29, 0.717) is 12.0 Å². The molecule has 0 aliphatic rings. The number of carboxylic acid groups (broad SMARTS) is 1. The zero-order chi connectivity index (χ0) is 17.7. The Bertz CT molecular complexity index is 703. The van der Waals surface area contributed by atoms with E-state index >= 15 is 0 Å². The van der Waals surface area contributed by atoms with Gasteiger partial charge in [0, 0.05) is 10.9 Å². The number of benzene rings is 1. The van der Waals surface area contributed by atoms with Crippen LogP contribution in [-0.2, 0) is 26.3 Å². The molecule has 2 unspecified atom stereocenters. The van der Waals surface area contributed by atoms with Gasteiger partial charge in [-0.15, -0.1) is 0 Å². The van der Waals surface area contributed by atoms with E-state index in [1.165, 1.54) is 12.4 Å². The molecule has 8 heteroatoms. The molecule has 2 atom stereocenters. The Hall–Kier alpha value is -2.22. The molecule has 0 bridgehead atoms. The van der Waals surface area contributed by atoms with Gasteiger partial charge >= 0.3 is 11.9 Å². The first-order valence-corrected chi connectivity index (χ1v) is 8.25. The lowest BCUT2D eigenvalue weighted by atomic mass is 9.91. The Morgan fingerprint density at radius 3 is 2.38 bits per heavy atom. The second-order valence-electron chi connectivity index (χ2n) is 5.41. The van der Waals surface area contributed by atoms with Crippen molar-refractivity contribution in [2.75, 3.05) is 0 Å². The molecule has 0 aliphatic carbocycles. The van der Waals surface area contributed by atoms with E-state index < -0.39 is 23.6 Å². The summed E-state index contributed by atoms with van der Waals surface area (Å²) in [6, 6.07) is 7.03. The molecule has 1 heterocycles. The van der Waals surface area contributed by atoms with Gasteiger partial charge in [-0.2, -0.15) is 15.0 Å². The Morgan fingerprint density at radius 2 is 1.88 bits per heavy atom. The lowest BCUT2D eigenvalue weighted by Gasteiger charge is -2.27. The van der Waals surface area contributed by atoms with Crippen molar-refractivity contribution in [3.05, 3.63) is 46.7 Å². The summed E-state index contributed by atoms with van der Waals surface area (Å²) in [5, 5.41) is 17.6. The lowest BCUT2D eigenvalue weighted by Crippen LogP contribution is -2.53. The van der Waals surface area contributed by atoms with Crippen LogP contribution in [0.1, 0.15) is 25.8 Å². The fourth-order valence-electron chi connectivity index (χ4n) is 2.15. The molecule has 0 saturated heterocycles. The molecule has 7 nitrogen and oxygen atoms in total. The summed E-state index contributed by atoms with van der Waals surface area (Å²) >= 11 is 3.33. The van der Waals surface area contributed by atoms with Gasteiger partial charge in [-0.1, -0.05) is 35.0 Å². The van der Waals surface area contributed by atoms with Crippen molar-refractivity contribution in [3.63, 3.8) is 0 Å². The van der Waals surface area contributed by atoms with Crippen molar-refractivity contribution in [1.29, 1.82) is 0 Å². The summed E-state index contributed by atoms with van der Waals surface area (Å²) in [4.78, 5) is 25.7. The predicted octanol–water partition coefficient (Wildman–Crippen LogP) is 2.40. The molecule has 0 radical (unpaired) electrons. The molecule has 0 fully saturated rings. The van der Waals surface area contributed by atoms with Crippen molar-refractivity contribution < 1.29 is 19.4 Å². The summed E-state index contributed by atoms with van der Waals surface area (Å²) in [5.41, 5.74) is -1.40. The third-order valence-electron chi connectivity index (χ3n) is 3.71. The second kappa shape index (κ2) is 7.57. The average molecular weight is 396 g/mol. The Morgan fingerprint density at radius 1 is 1.29 bits per heavy atom. The van der Waals surface area contributed by atoms with Crippen LogP contribution in [0.5, 0.6) is 0 Å². The number of ether oxygens (including phenoxy) is 1. The number of aromatic nitrogens is 3. The molecule has 1 N–H and O–H groups in total. The maximum absolute atomic E-state index is 12.7. The van der Waals surface area contributed by atoms with Crippen molar-refractivity contribution in [2.24, 2.45) is 0 Å². The SMILES string of the molecule is CCC(C)OC(=O)C(Cc1ccc(Br)cc1)(C(=O)O)n1nccn1. The normalized spacial score (nSPS) is 14.6. The molecule has 24 heavy (non-hydrogen) atoms. The molecule has 0 spiro atoms. The van der Waals surface area contributed by atoms with Gasteiger partial charge in [0.15, 0.2) is 0 Å². The van der Waals surface area contributed by atoms with Crippen molar-refractivity contribution >= 4 is 27.9 Å². The fourth-order valence-corrected chi connectivity index (χ4v) is 2.41. The second-order valence-corrected chi connectivity index (χ2v) is 6.33. The van der Waals surface area contributed by atoms with Gasteiger partial charge in [0.2, 0.25) is 0 Å². The molecule has 128 valence electrons. The molecule has 1 aromatic heterocycles. The lowest BCUT2D eigenvalue weighted by molar-refractivity contribution is -0.172. The number of carboxylic acids is 1. The monoisotopic (exact) mass is 395 g/mol. The highest BCUT2D eigenvalue weighted by molar-refractivity contribution is 9.10. The summed E-state index contributed by atoms with van der Waals surface area (Å²) in [6.45, 7) is 3.56. The number of hydrogen-bond donors (Lipinski definition) is 1. The van der Waals surface area contributed by atoms with Crippen molar-refractivity contribution in [3.8, 4) is 0 Å². The zero-order valence-corrected chi connectivity index (χ0v) is 14.9. The van der Waals surface area contributed by atoms with Gasteiger partial charge in [0.1, 0.15) is 0 Å². The number of carbonyl (C=O) groups is 2. The number of hydrogen-bond acceptors (Lipinski definition) is 5. The first-order valence-electron chi connectivity index (χ1n) is 7.46. The quantitative estimate of drug-likeness (QED) is 0.571. The molecule has 2 rings (SSSR count). The summed E-state index contributed by atoms with van der Waals surface area (Å²) in [6.07, 6.45) is 2.70. The fraction of sp³-hybridized carbons (Fsp3) is 0.375.